The Morgan fingerprint density at radius 1 is 0.860 bits per heavy atom. The van der Waals surface area contributed by atoms with Crippen LogP contribution in [0.25, 0.3) is 0 Å². The molecule has 12 heteroatoms. The zero-order valence-corrected chi connectivity index (χ0v) is 28.2. The number of amides is 2. The number of allylic oxidation sites excluding steroid dienone is 1. The highest BCUT2D eigenvalue weighted by atomic mass is 32.2. The molecule has 0 saturated heterocycles. The highest BCUT2D eigenvalue weighted by Crippen LogP contribution is 2.69. The molecule has 0 spiro atoms. The van der Waals surface area contributed by atoms with E-state index >= 15 is 0 Å². The van der Waals surface area contributed by atoms with Gasteiger partial charge in [0, 0.05) is 24.6 Å². The van der Waals surface area contributed by atoms with Crippen LogP contribution in [-0.2, 0) is 14.4 Å². The smallest absolute Gasteiger partial charge is 0.316 e. The summed E-state index contributed by atoms with van der Waals surface area (Å²) < 4.78 is 14.6. The minimum Gasteiger partial charge on any atom is -0.460 e. The molecule has 0 saturated carbocycles. The van der Waals surface area contributed by atoms with E-state index in [2.05, 4.69) is 20.4 Å². The molecule has 43 heavy (non-hydrogen) atoms. The van der Waals surface area contributed by atoms with Gasteiger partial charge >= 0.3 is 5.97 Å². The lowest BCUT2D eigenvalue weighted by Gasteiger charge is -2.29. The van der Waals surface area contributed by atoms with E-state index in [0.29, 0.717) is 54.5 Å². The standard InChI is InChI=1S/C31H39N3O5S4/c1-5-8-11-17-13-10-14-19(27(32)35)30-40-23-21(38-16(17)4)24-26-22(25(23)41-30)39-29(37)18(12-9-6-2)15-34(7-3)20(28(33)36)31(42-24)43-26/h17-18H,4-15H2,1-3H3,(H2,32,35)(H2,33,36)/b30-19-,31-20-. The van der Waals surface area contributed by atoms with E-state index in [-0.39, 0.29) is 11.9 Å². The summed E-state index contributed by atoms with van der Waals surface area (Å²) in [5.41, 5.74) is 12.9. The van der Waals surface area contributed by atoms with Crippen molar-refractivity contribution < 1.29 is 23.9 Å². The molecule has 4 N–H and O–H groups in total. The molecule has 4 bridgehead atoms. The van der Waals surface area contributed by atoms with Crippen molar-refractivity contribution in [3.05, 3.63) is 32.1 Å². The summed E-state index contributed by atoms with van der Waals surface area (Å²) in [6.45, 7) is 11.4. The van der Waals surface area contributed by atoms with E-state index < -0.39 is 17.7 Å². The Kier molecular flexibility index (Phi) is 10.4. The molecule has 1 aromatic rings. The molecular formula is C31H39N3O5S4. The Balaban J connectivity index is 1.73. The number of carbonyl (C=O) groups excluding carboxylic acids is 3. The molecular weight excluding hydrogens is 623 g/mol. The van der Waals surface area contributed by atoms with Gasteiger partial charge < -0.3 is 25.8 Å². The fourth-order valence-electron chi connectivity index (χ4n) is 5.74. The van der Waals surface area contributed by atoms with E-state index in [1.54, 1.807) is 0 Å². The summed E-state index contributed by atoms with van der Waals surface area (Å²) in [5.74, 6) is 0.128. The lowest BCUT2D eigenvalue weighted by Crippen LogP contribution is -2.39. The maximum absolute atomic E-state index is 13.9. The van der Waals surface area contributed by atoms with E-state index in [1.807, 2.05) is 11.8 Å². The minimum absolute atomic E-state index is 0.115. The number of primary amides is 2. The maximum atomic E-state index is 13.9. The number of esters is 1. The van der Waals surface area contributed by atoms with Gasteiger partial charge in [-0.1, -0.05) is 93.2 Å². The van der Waals surface area contributed by atoms with Crippen molar-refractivity contribution in [2.24, 2.45) is 23.3 Å². The zero-order chi connectivity index (χ0) is 30.8. The quantitative estimate of drug-likeness (QED) is 0.205. The molecule has 0 aliphatic carbocycles. The second-order valence-electron chi connectivity index (χ2n) is 11.1. The van der Waals surface area contributed by atoms with Gasteiger partial charge in [0.25, 0.3) is 5.91 Å². The minimum atomic E-state index is -0.528. The number of ether oxygens (including phenoxy) is 2. The Morgan fingerprint density at radius 2 is 1.42 bits per heavy atom. The van der Waals surface area contributed by atoms with Crippen LogP contribution in [0.1, 0.15) is 78.6 Å². The first-order valence-corrected chi connectivity index (χ1v) is 18.3. The Hall–Kier alpha value is -2.15. The van der Waals surface area contributed by atoms with Crippen molar-refractivity contribution in [2.45, 2.75) is 98.1 Å². The van der Waals surface area contributed by atoms with Crippen LogP contribution >= 0.6 is 47.0 Å². The first-order chi connectivity index (χ1) is 20.7. The van der Waals surface area contributed by atoms with Gasteiger partial charge in [0.05, 0.1) is 34.0 Å². The van der Waals surface area contributed by atoms with Crippen molar-refractivity contribution in [3.8, 4) is 11.5 Å². The Labute approximate surface area is 270 Å². The number of unbranched alkanes of at least 4 members (excludes halogenated alkanes) is 2. The van der Waals surface area contributed by atoms with Crippen LogP contribution in [0.5, 0.6) is 11.5 Å². The van der Waals surface area contributed by atoms with Crippen molar-refractivity contribution >= 4 is 64.8 Å². The average Bonchev–Trinajstić information content (AvgIpc) is 3.59. The largest absolute Gasteiger partial charge is 0.460 e. The normalized spacial score (nSPS) is 25.2. The molecule has 0 fully saturated rings. The van der Waals surface area contributed by atoms with Crippen LogP contribution < -0.4 is 20.9 Å². The summed E-state index contributed by atoms with van der Waals surface area (Å²) in [6.07, 6.45) is 7.63. The van der Waals surface area contributed by atoms with E-state index in [9.17, 15) is 14.4 Å². The first kappa shape index (κ1) is 32.2. The van der Waals surface area contributed by atoms with Gasteiger partial charge in [-0.05, 0) is 39.0 Å². The molecule has 2 unspecified atom stereocenters. The molecule has 4 heterocycles. The lowest BCUT2D eigenvalue weighted by molar-refractivity contribution is -0.140. The van der Waals surface area contributed by atoms with Crippen molar-refractivity contribution in [3.63, 3.8) is 0 Å². The van der Waals surface area contributed by atoms with Gasteiger partial charge in [-0.2, -0.15) is 0 Å². The van der Waals surface area contributed by atoms with Gasteiger partial charge in [-0.3, -0.25) is 14.4 Å². The third-order valence-electron chi connectivity index (χ3n) is 8.14. The molecule has 2 amide bonds. The van der Waals surface area contributed by atoms with Crippen LogP contribution in [-0.4, -0.2) is 35.8 Å². The molecule has 0 aromatic heterocycles. The molecule has 8 nitrogen and oxygen atoms in total. The summed E-state index contributed by atoms with van der Waals surface area (Å²) in [6, 6.07) is 0. The van der Waals surface area contributed by atoms with Crippen LogP contribution in [0.4, 0.5) is 0 Å². The number of thioether (sulfide) groups is 4. The van der Waals surface area contributed by atoms with E-state index in [1.165, 1.54) is 47.0 Å². The second-order valence-corrected chi connectivity index (χ2v) is 15.7. The van der Waals surface area contributed by atoms with Gasteiger partial charge in [0.2, 0.25) is 5.91 Å². The Morgan fingerprint density at radius 3 is 1.95 bits per heavy atom. The molecule has 5 rings (SSSR count). The zero-order valence-electron chi connectivity index (χ0n) is 24.9. The van der Waals surface area contributed by atoms with Crippen LogP contribution in [0.15, 0.2) is 51.7 Å². The molecule has 4 aliphatic heterocycles. The Bertz CT molecular complexity index is 1420. The third-order valence-corrected chi connectivity index (χ3v) is 13.4. The molecule has 1 aromatic carbocycles. The van der Waals surface area contributed by atoms with Crippen molar-refractivity contribution in [2.75, 3.05) is 13.1 Å². The number of fused-ring (bicyclic) bond motifs is 4. The highest BCUT2D eigenvalue weighted by molar-refractivity contribution is 8.26. The van der Waals surface area contributed by atoms with E-state index in [4.69, 9.17) is 20.9 Å². The topological polar surface area (TPSA) is 125 Å². The molecule has 4 aliphatic rings. The van der Waals surface area contributed by atoms with Crippen molar-refractivity contribution in [1.29, 1.82) is 0 Å². The molecule has 2 atom stereocenters. The maximum Gasteiger partial charge on any atom is 0.316 e. The lowest BCUT2D eigenvalue weighted by atomic mass is 9.93. The number of carbonyl (C=O) groups is 3. The van der Waals surface area contributed by atoms with Gasteiger partial charge in [-0.25, -0.2) is 0 Å². The summed E-state index contributed by atoms with van der Waals surface area (Å²) in [5, 5.41) is 0. The monoisotopic (exact) mass is 661 g/mol. The van der Waals surface area contributed by atoms with Crippen LogP contribution in [0.2, 0.25) is 0 Å². The number of hydrogen-bond donors (Lipinski definition) is 2. The van der Waals surface area contributed by atoms with Crippen LogP contribution in [0, 0.1) is 11.8 Å². The predicted octanol–water partition coefficient (Wildman–Crippen LogP) is 7.36. The number of likely N-dealkylation sites (N-methyl/N-ethyl adjacent to an activating group) is 1. The van der Waals surface area contributed by atoms with Crippen molar-refractivity contribution in [1.82, 2.24) is 4.90 Å². The first-order valence-electron chi connectivity index (χ1n) is 15.0. The summed E-state index contributed by atoms with van der Waals surface area (Å²) in [4.78, 5) is 44.4. The predicted molar refractivity (Wildman–Crippen MR) is 175 cm³/mol. The SMILES string of the molecule is C=C1Oc2c3c(c4c5c2S/C(=C(\C(N)=O)N(CC)CC(CCCC)C(=O)O4)S5)S/C(=C(\C(N)=O)CCCC1CCCC)S3. The molecule has 0 radical (unpaired) electrons. The number of hydrogen-bond acceptors (Lipinski definition) is 10. The number of rotatable bonds is 9. The van der Waals surface area contributed by atoms with Gasteiger partial charge in [-0.15, -0.1) is 0 Å². The number of nitrogens with two attached hydrogens (primary N) is 2. The summed E-state index contributed by atoms with van der Waals surface area (Å²) in [7, 11) is 0. The number of benzene rings is 1. The van der Waals surface area contributed by atoms with E-state index in [0.717, 1.165) is 73.0 Å². The molecule has 232 valence electrons. The summed E-state index contributed by atoms with van der Waals surface area (Å²) >= 11 is 5.66. The second kappa shape index (κ2) is 13.9. The fraction of sp³-hybridized carbons (Fsp3) is 0.516. The highest BCUT2D eigenvalue weighted by Gasteiger charge is 2.42. The van der Waals surface area contributed by atoms with Gasteiger partial charge in [0.15, 0.2) is 11.5 Å². The third kappa shape index (κ3) is 6.48. The van der Waals surface area contributed by atoms with Gasteiger partial charge in [0.1, 0.15) is 11.5 Å². The number of nitrogens with zero attached hydrogens (tertiary/aromatic N) is 1. The van der Waals surface area contributed by atoms with Crippen LogP contribution in [0.3, 0.4) is 0 Å². The fourth-order valence-corrected chi connectivity index (χ4v) is 11.4. The average molecular weight is 662 g/mol.